The molecular weight excluding hydrogens is 385 g/mol. The normalized spacial score (nSPS) is 12.4. The second-order valence-electron chi connectivity index (χ2n) is 6.08. The maximum atomic E-state index is 12.2. The number of aromatic nitrogens is 2. The molecule has 0 aliphatic carbocycles. The van der Waals surface area contributed by atoms with E-state index in [9.17, 15) is 9.90 Å². The van der Waals surface area contributed by atoms with Crippen molar-refractivity contribution in [3.8, 4) is 11.4 Å². The summed E-state index contributed by atoms with van der Waals surface area (Å²) in [4.78, 5) is 15.9. The van der Waals surface area contributed by atoms with Crippen molar-refractivity contribution in [2.24, 2.45) is 0 Å². The van der Waals surface area contributed by atoms with E-state index in [1.54, 1.807) is 24.3 Å². The number of halogens is 2. The molecule has 2 aromatic carbocycles. The standard InChI is InChI=1S/C20H17Cl2N3O2/c1-12(2-3-13-4-6-15(26)7-5-13)14-10-16(21)19(22)17(11-14)25-9-8-18(23)24-20(25)27/h2-12,26H,1H3,(H2,23,24,27)/b3-2+. The molecule has 3 rings (SSSR count). The van der Waals surface area contributed by atoms with Crippen LogP contribution in [0.2, 0.25) is 10.0 Å². The minimum atomic E-state index is -0.530. The summed E-state index contributed by atoms with van der Waals surface area (Å²) in [6.45, 7) is 2.00. The Bertz CT molecular complexity index is 1060. The molecular formula is C20H17Cl2N3O2. The summed E-state index contributed by atoms with van der Waals surface area (Å²) >= 11 is 12.6. The summed E-state index contributed by atoms with van der Waals surface area (Å²) in [5, 5.41) is 9.97. The van der Waals surface area contributed by atoms with Gasteiger partial charge in [0, 0.05) is 6.20 Å². The number of benzene rings is 2. The van der Waals surface area contributed by atoms with Crippen LogP contribution in [0.1, 0.15) is 24.0 Å². The molecule has 0 aliphatic heterocycles. The van der Waals surface area contributed by atoms with E-state index < -0.39 is 5.69 Å². The van der Waals surface area contributed by atoms with E-state index in [4.69, 9.17) is 28.9 Å². The Kier molecular flexibility index (Phi) is 5.54. The summed E-state index contributed by atoms with van der Waals surface area (Å²) in [6.07, 6.45) is 5.46. The van der Waals surface area contributed by atoms with Gasteiger partial charge in [0.15, 0.2) is 0 Å². The lowest BCUT2D eigenvalue weighted by Gasteiger charge is -2.14. The van der Waals surface area contributed by atoms with Crippen LogP contribution in [-0.4, -0.2) is 14.7 Å². The number of aromatic hydroxyl groups is 1. The van der Waals surface area contributed by atoms with Crippen LogP contribution in [0.25, 0.3) is 11.8 Å². The van der Waals surface area contributed by atoms with Crippen LogP contribution >= 0.6 is 23.2 Å². The predicted octanol–water partition coefficient (Wildman–Crippen LogP) is 4.64. The Hall–Kier alpha value is -2.76. The fourth-order valence-electron chi connectivity index (χ4n) is 2.58. The van der Waals surface area contributed by atoms with Gasteiger partial charge >= 0.3 is 5.69 Å². The minimum Gasteiger partial charge on any atom is -0.508 e. The molecule has 0 amide bonds. The van der Waals surface area contributed by atoms with E-state index in [0.29, 0.717) is 10.7 Å². The van der Waals surface area contributed by atoms with Crippen molar-refractivity contribution >= 4 is 35.1 Å². The Morgan fingerprint density at radius 1 is 1.19 bits per heavy atom. The monoisotopic (exact) mass is 401 g/mol. The average molecular weight is 402 g/mol. The highest BCUT2D eigenvalue weighted by Gasteiger charge is 2.14. The van der Waals surface area contributed by atoms with Gasteiger partial charge in [0.25, 0.3) is 0 Å². The first kappa shape index (κ1) is 19.0. The molecule has 0 fully saturated rings. The molecule has 0 saturated heterocycles. The van der Waals surface area contributed by atoms with Crippen LogP contribution < -0.4 is 11.4 Å². The van der Waals surface area contributed by atoms with Gasteiger partial charge in [0.2, 0.25) is 0 Å². The Balaban J connectivity index is 1.97. The first-order chi connectivity index (χ1) is 12.8. The third-order valence-corrected chi connectivity index (χ3v) is 4.90. The molecule has 1 atom stereocenters. The Morgan fingerprint density at radius 3 is 2.56 bits per heavy atom. The Labute approximate surface area is 166 Å². The van der Waals surface area contributed by atoms with Gasteiger partial charge in [-0.15, -0.1) is 0 Å². The van der Waals surface area contributed by atoms with Crippen molar-refractivity contribution in [2.45, 2.75) is 12.8 Å². The second-order valence-corrected chi connectivity index (χ2v) is 6.87. The lowest BCUT2D eigenvalue weighted by molar-refractivity contribution is 0.475. The van der Waals surface area contributed by atoms with Gasteiger partial charge in [-0.3, -0.25) is 4.57 Å². The summed E-state index contributed by atoms with van der Waals surface area (Å²) < 4.78 is 1.31. The topological polar surface area (TPSA) is 81.1 Å². The van der Waals surface area contributed by atoms with Crippen LogP contribution in [-0.2, 0) is 0 Å². The molecule has 1 unspecified atom stereocenters. The highest BCUT2D eigenvalue weighted by molar-refractivity contribution is 6.43. The van der Waals surface area contributed by atoms with Gasteiger partial charge < -0.3 is 10.8 Å². The van der Waals surface area contributed by atoms with Gasteiger partial charge in [0.1, 0.15) is 11.6 Å². The van der Waals surface area contributed by atoms with Crippen molar-refractivity contribution in [2.75, 3.05) is 5.73 Å². The number of nitrogens with zero attached hydrogens (tertiary/aromatic N) is 2. The molecule has 1 heterocycles. The first-order valence-corrected chi connectivity index (χ1v) is 8.92. The summed E-state index contributed by atoms with van der Waals surface area (Å²) in [5.41, 5.74) is 7.31. The van der Waals surface area contributed by atoms with Crippen molar-refractivity contribution < 1.29 is 5.11 Å². The molecule has 0 saturated carbocycles. The smallest absolute Gasteiger partial charge is 0.354 e. The van der Waals surface area contributed by atoms with Gasteiger partial charge in [-0.05, 0) is 47.4 Å². The molecule has 27 heavy (non-hydrogen) atoms. The van der Waals surface area contributed by atoms with Crippen LogP contribution in [0.5, 0.6) is 5.75 Å². The largest absolute Gasteiger partial charge is 0.508 e. The van der Waals surface area contributed by atoms with E-state index in [1.165, 1.54) is 16.8 Å². The van der Waals surface area contributed by atoms with Crippen LogP contribution in [0.4, 0.5) is 5.82 Å². The zero-order valence-corrected chi connectivity index (χ0v) is 15.9. The summed E-state index contributed by atoms with van der Waals surface area (Å²) in [6, 6.07) is 12.0. The average Bonchev–Trinajstić information content (AvgIpc) is 2.63. The fourth-order valence-corrected chi connectivity index (χ4v) is 3.01. The highest BCUT2D eigenvalue weighted by atomic mass is 35.5. The van der Waals surface area contributed by atoms with E-state index in [0.717, 1.165) is 11.1 Å². The van der Waals surface area contributed by atoms with Crippen molar-refractivity contribution in [1.29, 1.82) is 0 Å². The third-order valence-electron chi connectivity index (χ3n) is 4.11. The lowest BCUT2D eigenvalue weighted by atomic mass is 9.99. The molecule has 1 aromatic heterocycles. The molecule has 7 heteroatoms. The molecule has 0 radical (unpaired) electrons. The SMILES string of the molecule is CC(/C=C/c1ccc(O)cc1)c1cc(Cl)c(Cl)c(-n2ccc(N)nc2=O)c1. The summed E-state index contributed by atoms with van der Waals surface area (Å²) in [5.74, 6) is 0.362. The molecule has 0 bridgehead atoms. The zero-order valence-electron chi connectivity index (χ0n) is 14.4. The van der Waals surface area contributed by atoms with Gasteiger partial charge in [0.05, 0.1) is 15.7 Å². The van der Waals surface area contributed by atoms with Gasteiger partial charge in [-0.1, -0.05) is 54.4 Å². The van der Waals surface area contributed by atoms with Crippen molar-refractivity contribution in [3.63, 3.8) is 0 Å². The van der Waals surface area contributed by atoms with Crippen molar-refractivity contribution in [3.05, 3.63) is 86.4 Å². The van der Waals surface area contributed by atoms with Crippen LogP contribution in [0, 0.1) is 0 Å². The molecule has 0 spiro atoms. The summed E-state index contributed by atoms with van der Waals surface area (Å²) in [7, 11) is 0. The van der Waals surface area contributed by atoms with E-state index in [2.05, 4.69) is 4.98 Å². The van der Waals surface area contributed by atoms with E-state index in [1.807, 2.05) is 31.2 Å². The number of nitrogens with two attached hydrogens (primary N) is 1. The van der Waals surface area contributed by atoms with Crippen LogP contribution in [0.15, 0.2) is 59.5 Å². The molecule has 138 valence electrons. The number of anilines is 1. The quantitative estimate of drug-likeness (QED) is 0.666. The van der Waals surface area contributed by atoms with Gasteiger partial charge in [-0.2, -0.15) is 4.98 Å². The molecule has 5 nitrogen and oxygen atoms in total. The minimum absolute atomic E-state index is 0.00441. The highest BCUT2D eigenvalue weighted by Crippen LogP contribution is 2.33. The second kappa shape index (κ2) is 7.86. The number of rotatable bonds is 4. The number of phenolic OH excluding ortho intramolecular Hbond substituents is 1. The van der Waals surface area contributed by atoms with E-state index >= 15 is 0 Å². The number of nitrogen functional groups attached to an aromatic ring is 1. The predicted molar refractivity (Wildman–Crippen MR) is 110 cm³/mol. The van der Waals surface area contributed by atoms with Gasteiger partial charge in [-0.25, -0.2) is 4.79 Å². The molecule has 3 aromatic rings. The number of allylic oxidation sites excluding steroid dienone is 1. The maximum absolute atomic E-state index is 12.2. The number of hydrogen-bond acceptors (Lipinski definition) is 4. The molecule has 3 N–H and O–H groups in total. The Morgan fingerprint density at radius 2 is 1.89 bits per heavy atom. The lowest BCUT2D eigenvalue weighted by Crippen LogP contribution is -2.22. The van der Waals surface area contributed by atoms with Crippen LogP contribution in [0.3, 0.4) is 0 Å². The van der Waals surface area contributed by atoms with E-state index in [-0.39, 0.29) is 22.5 Å². The zero-order chi connectivity index (χ0) is 19.6. The maximum Gasteiger partial charge on any atom is 0.354 e. The number of phenols is 1. The number of hydrogen-bond donors (Lipinski definition) is 2. The third kappa shape index (κ3) is 4.32. The fraction of sp³-hybridized carbons (Fsp3) is 0.100. The van der Waals surface area contributed by atoms with Crippen molar-refractivity contribution in [1.82, 2.24) is 9.55 Å². The molecule has 0 aliphatic rings. The first-order valence-electron chi connectivity index (χ1n) is 8.17.